The van der Waals surface area contributed by atoms with E-state index in [-0.39, 0.29) is 6.10 Å². The summed E-state index contributed by atoms with van der Waals surface area (Å²) in [5.74, 6) is 0.970. The van der Waals surface area contributed by atoms with Crippen molar-refractivity contribution >= 4 is 0 Å². The van der Waals surface area contributed by atoms with Crippen LogP contribution in [0.5, 0.6) is 0 Å². The quantitative estimate of drug-likeness (QED) is 0.784. The Labute approximate surface area is 106 Å². The van der Waals surface area contributed by atoms with E-state index in [0.29, 0.717) is 11.8 Å². The minimum absolute atomic E-state index is 0.208. The smallest absolute Gasteiger partial charge is 0.0606 e. The highest BCUT2D eigenvalue weighted by atomic mass is 16.3. The Kier molecular flexibility index (Phi) is 5.70. The molecule has 0 saturated carbocycles. The molecular weight excluding hydrogens is 208 g/mol. The van der Waals surface area contributed by atoms with Crippen molar-refractivity contribution in [2.24, 2.45) is 5.92 Å². The van der Waals surface area contributed by atoms with E-state index in [1.165, 1.54) is 11.1 Å². The van der Waals surface area contributed by atoms with Crippen LogP contribution < -0.4 is 0 Å². The molecule has 1 N–H and O–H groups in total. The summed E-state index contributed by atoms with van der Waals surface area (Å²) in [6.07, 6.45) is 2.81. The summed E-state index contributed by atoms with van der Waals surface area (Å²) in [6.45, 7) is 8.71. The van der Waals surface area contributed by atoms with E-state index in [9.17, 15) is 5.11 Å². The average Bonchev–Trinajstić information content (AvgIpc) is 2.30. The standard InChI is InChI=1S/C16H26O/c1-5-6-13(4)16(17)11-14-7-9-15(10-8-14)12(2)3/h7-10,12-13,16-17H,5-6,11H2,1-4H3. The highest BCUT2D eigenvalue weighted by Crippen LogP contribution is 2.18. The van der Waals surface area contributed by atoms with E-state index >= 15 is 0 Å². The van der Waals surface area contributed by atoms with Gasteiger partial charge >= 0.3 is 0 Å². The van der Waals surface area contributed by atoms with Gasteiger partial charge in [-0.1, -0.05) is 58.4 Å². The zero-order valence-electron chi connectivity index (χ0n) is 11.6. The normalized spacial score (nSPS) is 14.9. The van der Waals surface area contributed by atoms with Crippen LogP contribution in [0.1, 0.15) is 57.6 Å². The molecule has 0 bridgehead atoms. The van der Waals surface area contributed by atoms with E-state index in [1.807, 2.05) is 0 Å². The Morgan fingerprint density at radius 2 is 1.65 bits per heavy atom. The third kappa shape index (κ3) is 4.51. The molecule has 0 aliphatic rings. The second kappa shape index (κ2) is 6.80. The maximum Gasteiger partial charge on any atom is 0.0606 e. The number of hydrogen-bond donors (Lipinski definition) is 1. The molecule has 96 valence electrons. The predicted molar refractivity (Wildman–Crippen MR) is 74.3 cm³/mol. The molecule has 1 heteroatoms. The van der Waals surface area contributed by atoms with Crippen molar-refractivity contribution in [1.29, 1.82) is 0 Å². The van der Waals surface area contributed by atoms with E-state index in [2.05, 4.69) is 52.0 Å². The van der Waals surface area contributed by atoms with Gasteiger partial charge in [-0.25, -0.2) is 0 Å². The first-order chi connectivity index (χ1) is 8.04. The fraction of sp³-hybridized carbons (Fsp3) is 0.625. The lowest BCUT2D eigenvalue weighted by molar-refractivity contribution is 0.111. The van der Waals surface area contributed by atoms with Gasteiger partial charge in [0.05, 0.1) is 6.10 Å². The molecule has 0 saturated heterocycles. The maximum atomic E-state index is 10.1. The summed E-state index contributed by atoms with van der Waals surface area (Å²) < 4.78 is 0. The minimum atomic E-state index is -0.208. The number of rotatable bonds is 6. The van der Waals surface area contributed by atoms with Crippen molar-refractivity contribution in [3.8, 4) is 0 Å². The lowest BCUT2D eigenvalue weighted by Crippen LogP contribution is -2.20. The summed E-state index contributed by atoms with van der Waals surface area (Å²) in [5.41, 5.74) is 2.61. The Morgan fingerprint density at radius 3 is 2.12 bits per heavy atom. The molecule has 0 aliphatic carbocycles. The molecule has 0 aromatic heterocycles. The van der Waals surface area contributed by atoms with E-state index < -0.39 is 0 Å². The lowest BCUT2D eigenvalue weighted by atomic mass is 9.93. The zero-order chi connectivity index (χ0) is 12.8. The van der Waals surface area contributed by atoms with Crippen molar-refractivity contribution in [3.05, 3.63) is 35.4 Å². The zero-order valence-corrected chi connectivity index (χ0v) is 11.6. The molecule has 0 radical (unpaired) electrons. The Hall–Kier alpha value is -0.820. The van der Waals surface area contributed by atoms with Crippen LogP contribution in [0.4, 0.5) is 0 Å². The highest BCUT2D eigenvalue weighted by molar-refractivity contribution is 5.25. The fourth-order valence-electron chi connectivity index (χ4n) is 2.13. The first-order valence-electron chi connectivity index (χ1n) is 6.81. The van der Waals surface area contributed by atoms with Gasteiger partial charge in [-0.3, -0.25) is 0 Å². The van der Waals surface area contributed by atoms with Gasteiger partial charge in [0.15, 0.2) is 0 Å². The van der Waals surface area contributed by atoms with Crippen LogP contribution in [0.3, 0.4) is 0 Å². The number of hydrogen-bond acceptors (Lipinski definition) is 1. The van der Waals surface area contributed by atoms with Gasteiger partial charge in [0, 0.05) is 0 Å². The van der Waals surface area contributed by atoms with Crippen LogP contribution in [-0.4, -0.2) is 11.2 Å². The number of benzene rings is 1. The molecule has 0 amide bonds. The second-order valence-electron chi connectivity index (χ2n) is 5.43. The first kappa shape index (κ1) is 14.2. The molecule has 2 unspecified atom stereocenters. The van der Waals surface area contributed by atoms with Crippen LogP contribution in [0.15, 0.2) is 24.3 Å². The molecule has 0 spiro atoms. The second-order valence-corrected chi connectivity index (χ2v) is 5.43. The highest BCUT2D eigenvalue weighted by Gasteiger charge is 2.13. The SMILES string of the molecule is CCCC(C)C(O)Cc1ccc(C(C)C)cc1. The number of aliphatic hydroxyl groups is 1. The van der Waals surface area contributed by atoms with E-state index in [0.717, 1.165) is 19.3 Å². The van der Waals surface area contributed by atoms with Crippen LogP contribution in [0, 0.1) is 5.92 Å². The molecule has 1 aromatic rings. The largest absolute Gasteiger partial charge is 0.393 e. The molecule has 17 heavy (non-hydrogen) atoms. The molecule has 0 aliphatic heterocycles. The van der Waals surface area contributed by atoms with Crippen LogP contribution in [0.25, 0.3) is 0 Å². The molecule has 2 atom stereocenters. The van der Waals surface area contributed by atoms with Gasteiger partial charge in [0.2, 0.25) is 0 Å². The summed E-state index contributed by atoms with van der Waals surface area (Å²) >= 11 is 0. The Balaban J connectivity index is 2.56. The third-order valence-corrected chi connectivity index (χ3v) is 3.49. The average molecular weight is 234 g/mol. The fourth-order valence-corrected chi connectivity index (χ4v) is 2.13. The van der Waals surface area contributed by atoms with Gasteiger partial charge in [-0.2, -0.15) is 0 Å². The van der Waals surface area contributed by atoms with Crippen molar-refractivity contribution < 1.29 is 5.11 Å². The van der Waals surface area contributed by atoms with Gasteiger partial charge in [0.1, 0.15) is 0 Å². The molecule has 1 nitrogen and oxygen atoms in total. The summed E-state index contributed by atoms with van der Waals surface area (Å²) in [5, 5.41) is 10.1. The van der Waals surface area contributed by atoms with Crippen LogP contribution in [0.2, 0.25) is 0 Å². The van der Waals surface area contributed by atoms with Gasteiger partial charge in [-0.05, 0) is 35.8 Å². The molecule has 1 rings (SSSR count). The predicted octanol–water partition coefficient (Wildman–Crippen LogP) is 4.15. The van der Waals surface area contributed by atoms with Gasteiger partial charge in [0.25, 0.3) is 0 Å². The first-order valence-corrected chi connectivity index (χ1v) is 6.81. The Bertz CT molecular complexity index is 313. The van der Waals surface area contributed by atoms with Crippen molar-refractivity contribution in [2.45, 2.75) is 59.0 Å². The van der Waals surface area contributed by atoms with E-state index in [4.69, 9.17) is 0 Å². The third-order valence-electron chi connectivity index (χ3n) is 3.49. The molecule has 1 aromatic carbocycles. The van der Waals surface area contributed by atoms with E-state index in [1.54, 1.807) is 0 Å². The molecule has 0 fully saturated rings. The molecular formula is C16H26O. The van der Waals surface area contributed by atoms with Crippen LogP contribution in [-0.2, 0) is 6.42 Å². The summed E-state index contributed by atoms with van der Waals surface area (Å²) in [7, 11) is 0. The maximum absolute atomic E-state index is 10.1. The van der Waals surface area contributed by atoms with Gasteiger partial charge in [-0.15, -0.1) is 0 Å². The van der Waals surface area contributed by atoms with Gasteiger partial charge < -0.3 is 5.11 Å². The molecule has 0 heterocycles. The summed E-state index contributed by atoms with van der Waals surface area (Å²) in [4.78, 5) is 0. The topological polar surface area (TPSA) is 20.2 Å². The van der Waals surface area contributed by atoms with Crippen LogP contribution >= 0.6 is 0 Å². The lowest BCUT2D eigenvalue weighted by Gasteiger charge is -2.18. The van der Waals surface area contributed by atoms with Crippen molar-refractivity contribution in [3.63, 3.8) is 0 Å². The van der Waals surface area contributed by atoms with Crippen molar-refractivity contribution in [2.75, 3.05) is 0 Å². The Morgan fingerprint density at radius 1 is 1.06 bits per heavy atom. The number of aliphatic hydroxyl groups excluding tert-OH is 1. The van der Waals surface area contributed by atoms with Crippen molar-refractivity contribution in [1.82, 2.24) is 0 Å². The summed E-state index contributed by atoms with van der Waals surface area (Å²) in [6, 6.07) is 8.66. The minimum Gasteiger partial charge on any atom is -0.393 e. The monoisotopic (exact) mass is 234 g/mol.